The number of nitrogens with two attached hydrogens (primary N) is 1. The number of carbonyl (C=O) groups excluding carboxylic acids is 1. The molecule has 3 rings (SSSR count). The van der Waals surface area contributed by atoms with E-state index in [0.29, 0.717) is 31.1 Å². The molecule has 1 aliphatic carbocycles. The molecule has 1 aliphatic heterocycles. The summed E-state index contributed by atoms with van der Waals surface area (Å²) < 4.78 is 5.19. The topological polar surface area (TPSA) is 108 Å². The smallest absolute Gasteiger partial charge is 0.317 e. The Labute approximate surface area is 215 Å². The number of nitrogens with one attached hydrogen (secondary N) is 1. The molecule has 1 saturated heterocycles. The first-order chi connectivity index (χ1) is 16.9. The van der Waals surface area contributed by atoms with Gasteiger partial charge in [-0.2, -0.15) is 0 Å². The van der Waals surface area contributed by atoms with Crippen molar-refractivity contribution in [3.05, 3.63) is 34.9 Å². The number of urea groups is 1. The third kappa shape index (κ3) is 7.56. The van der Waals surface area contributed by atoms with Crippen molar-refractivity contribution in [2.24, 2.45) is 17.6 Å². The molecule has 2 aliphatic rings. The largest absolute Gasteiger partial charge is 0.391 e. The Hall–Kier alpha value is -1.38. The number of rotatable bonds is 11. The van der Waals surface area contributed by atoms with E-state index >= 15 is 0 Å². The van der Waals surface area contributed by atoms with Gasteiger partial charge in [0.1, 0.15) is 0 Å². The number of unbranched alkanes of at least 4 members (excludes halogenated alkanes) is 1. The summed E-state index contributed by atoms with van der Waals surface area (Å²) in [6.07, 6.45) is 8.64. The van der Waals surface area contributed by atoms with E-state index in [9.17, 15) is 15.0 Å². The molecule has 2 fully saturated rings. The molecule has 1 aromatic carbocycles. The van der Waals surface area contributed by atoms with Crippen LogP contribution in [0.15, 0.2) is 24.3 Å². The summed E-state index contributed by atoms with van der Waals surface area (Å²) in [4.78, 5) is 15.0. The molecule has 8 heteroatoms. The van der Waals surface area contributed by atoms with E-state index in [1.165, 1.54) is 6.42 Å². The molecule has 0 spiro atoms. The second-order valence-corrected chi connectivity index (χ2v) is 10.8. The first-order valence-corrected chi connectivity index (χ1v) is 13.7. The van der Waals surface area contributed by atoms with E-state index in [0.717, 1.165) is 56.9 Å². The third-order valence-corrected chi connectivity index (χ3v) is 8.21. The number of aliphatic hydroxyl groups excluding tert-OH is 1. The minimum Gasteiger partial charge on any atom is -0.391 e. The van der Waals surface area contributed by atoms with E-state index in [4.69, 9.17) is 22.1 Å². The van der Waals surface area contributed by atoms with Crippen LogP contribution in [0.2, 0.25) is 5.02 Å². The summed E-state index contributed by atoms with van der Waals surface area (Å²) in [7, 11) is 1.68. The lowest BCUT2D eigenvalue weighted by Crippen LogP contribution is -2.57. The molecule has 2 amide bonds. The van der Waals surface area contributed by atoms with Crippen LogP contribution in [0.4, 0.5) is 4.79 Å². The zero-order valence-corrected chi connectivity index (χ0v) is 21.9. The Morgan fingerprint density at radius 3 is 2.71 bits per heavy atom. The Bertz CT molecular complexity index is 791. The average Bonchev–Trinajstić information content (AvgIpc) is 2.89. The van der Waals surface area contributed by atoms with Gasteiger partial charge in [0.05, 0.1) is 17.7 Å². The lowest BCUT2D eigenvalue weighted by Gasteiger charge is -2.43. The number of amides is 2. The minimum atomic E-state index is -1.09. The molecule has 198 valence electrons. The fourth-order valence-electron chi connectivity index (χ4n) is 5.87. The van der Waals surface area contributed by atoms with Gasteiger partial charge in [-0.1, -0.05) is 43.0 Å². The molecule has 1 heterocycles. The quantitative estimate of drug-likeness (QED) is 0.337. The van der Waals surface area contributed by atoms with Crippen LogP contribution >= 0.6 is 11.6 Å². The fraction of sp³-hybridized carbons (Fsp3) is 0.741. The van der Waals surface area contributed by atoms with Crippen LogP contribution in [0.25, 0.3) is 0 Å². The number of hydrogen-bond acceptors (Lipinski definition) is 5. The number of halogens is 1. The molecule has 0 aromatic heterocycles. The SMILES string of the molecule is COCCCC[C@@](O)(c1cccc(Cl)c1)C1CCCN(C(=O)N[C@H](CN)[C@H](O)C2CCCCC2)C1. The Morgan fingerprint density at radius 1 is 1.26 bits per heavy atom. The van der Waals surface area contributed by atoms with Gasteiger partial charge in [-0.05, 0) is 68.6 Å². The van der Waals surface area contributed by atoms with Gasteiger partial charge < -0.3 is 30.9 Å². The van der Waals surface area contributed by atoms with Crippen molar-refractivity contribution in [3.63, 3.8) is 0 Å². The predicted molar refractivity (Wildman–Crippen MR) is 139 cm³/mol. The zero-order chi connectivity index (χ0) is 25.3. The fourth-order valence-corrected chi connectivity index (χ4v) is 6.06. The number of likely N-dealkylation sites (tertiary alicyclic amines) is 1. The van der Waals surface area contributed by atoms with Crippen molar-refractivity contribution < 1.29 is 19.7 Å². The second kappa shape index (κ2) is 13.8. The van der Waals surface area contributed by atoms with Crippen LogP contribution in [-0.4, -0.2) is 66.6 Å². The lowest BCUT2D eigenvalue weighted by molar-refractivity contribution is -0.0566. The predicted octanol–water partition coefficient (Wildman–Crippen LogP) is 4.03. The second-order valence-electron chi connectivity index (χ2n) is 10.4. The molecule has 0 radical (unpaired) electrons. The molecule has 1 aromatic rings. The molecule has 0 bridgehead atoms. The van der Waals surface area contributed by atoms with Gasteiger partial charge >= 0.3 is 6.03 Å². The van der Waals surface area contributed by atoms with E-state index < -0.39 is 17.7 Å². The summed E-state index contributed by atoms with van der Waals surface area (Å²) in [5.74, 6) is 0.0642. The first kappa shape index (κ1) is 28.2. The van der Waals surface area contributed by atoms with Gasteiger partial charge in [-0.3, -0.25) is 0 Å². The van der Waals surface area contributed by atoms with E-state index in [2.05, 4.69) is 5.32 Å². The van der Waals surface area contributed by atoms with Crippen molar-refractivity contribution in [1.29, 1.82) is 0 Å². The number of ether oxygens (including phenoxy) is 1. The number of piperidine rings is 1. The molecule has 7 nitrogen and oxygen atoms in total. The number of aliphatic hydroxyl groups is 2. The lowest BCUT2D eigenvalue weighted by atomic mass is 9.74. The van der Waals surface area contributed by atoms with Gasteiger partial charge in [0.25, 0.3) is 0 Å². The standard InChI is InChI=1S/C27H44ClN3O4/c1-35-16-6-5-14-27(34,21-11-7-13-23(28)17-21)22-12-8-15-31(19-22)26(33)30-24(18-29)25(32)20-9-3-2-4-10-20/h7,11,13,17,20,22,24-25,32,34H,2-6,8-10,12,14-16,18-19,29H2,1H3,(H,30,33)/t22?,24-,25-,27-/m1/s1. The van der Waals surface area contributed by atoms with Gasteiger partial charge in [-0.15, -0.1) is 0 Å². The number of carbonyl (C=O) groups is 1. The summed E-state index contributed by atoms with van der Waals surface area (Å²) in [5.41, 5.74) is 5.67. The minimum absolute atomic E-state index is 0.123. The highest BCUT2D eigenvalue weighted by Crippen LogP contribution is 2.40. The Morgan fingerprint density at radius 2 is 2.03 bits per heavy atom. The van der Waals surface area contributed by atoms with E-state index in [1.807, 2.05) is 24.3 Å². The Kier molecular flexibility index (Phi) is 11.1. The maximum atomic E-state index is 13.2. The highest BCUT2D eigenvalue weighted by atomic mass is 35.5. The van der Waals surface area contributed by atoms with Crippen molar-refractivity contribution >= 4 is 17.6 Å². The normalized spacial score (nSPS) is 22.9. The van der Waals surface area contributed by atoms with Gasteiger partial charge in [0.2, 0.25) is 0 Å². The average molecular weight is 510 g/mol. The van der Waals surface area contributed by atoms with Gasteiger partial charge in [0, 0.05) is 44.3 Å². The van der Waals surface area contributed by atoms with Gasteiger partial charge in [-0.25, -0.2) is 4.79 Å². The van der Waals surface area contributed by atoms with E-state index in [-0.39, 0.29) is 24.4 Å². The maximum Gasteiger partial charge on any atom is 0.317 e. The molecule has 1 saturated carbocycles. The van der Waals surface area contributed by atoms with Crippen LogP contribution in [0.1, 0.15) is 69.8 Å². The summed E-state index contributed by atoms with van der Waals surface area (Å²) in [6.45, 7) is 1.91. The number of nitrogens with zero attached hydrogens (tertiary/aromatic N) is 1. The van der Waals surface area contributed by atoms with Crippen LogP contribution in [0.5, 0.6) is 0 Å². The molecular formula is C27H44ClN3O4. The Balaban J connectivity index is 1.69. The first-order valence-electron chi connectivity index (χ1n) is 13.3. The third-order valence-electron chi connectivity index (χ3n) is 7.97. The van der Waals surface area contributed by atoms with Crippen molar-refractivity contribution in [3.8, 4) is 0 Å². The van der Waals surface area contributed by atoms with Crippen molar-refractivity contribution in [2.75, 3.05) is 33.4 Å². The number of hydrogen-bond donors (Lipinski definition) is 4. The molecular weight excluding hydrogens is 466 g/mol. The number of benzene rings is 1. The van der Waals surface area contributed by atoms with Crippen molar-refractivity contribution in [2.45, 2.75) is 82.0 Å². The summed E-state index contributed by atoms with van der Waals surface area (Å²) in [6, 6.07) is 6.75. The van der Waals surface area contributed by atoms with E-state index in [1.54, 1.807) is 12.0 Å². The highest BCUT2D eigenvalue weighted by molar-refractivity contribution is 6.30. The molecule has 4 atom stereocenters. The van der Waals surface area contributed by atoms with Crippen LogP contribution in [0.3, 0.4) is 0 Å². The molecule has 35 heavy (non-hydrogen) atoms. The highest BCUT2D eigenvalue weighted by Gasteiger charge is 2.41. The number of methoxy groups -OCH3 is 1. The van der Waals surface area contributed by atoms with Gasteiger partial charge in [0.15, 0.2) is 0 Å². The molecule has 1 unspecified atom stereocenters. The van der Waals surface area contributed by atoms with Crippen molar-refractivity contribution in [1.82, 2.24) is 10.2 Å². The maximum absolute atomic E-state index is 13.2. The van der Waals surface area contributed by atoms with Crippen LogP contribution in [0, 0.1) is 11.8 Å². The zero-order valence-electron chi connectivity index (χ0n) is 21.1. The van der Waals surface area contributed by atoms with Crippen LogP contribution in [-0.2, 0) is 10.3 Å². The van der Waals surface area contributed by atoms with Crippen LogP contribution < -0.4 is 11.1 Å². The monoisotopic (exact) mass is 509 g/mol. The molecule has 5 N–H and O–H groups in total. The summed E-state index contributed by atoms with van der Waals surface area (Å²) in [5, 5.41) is 26.5. The summed E-state index contributed by atoms with van der Waals surface area (Å²) >= 11 is 6.28.